The van der Waals surface area contributed by atoms with Crippen LogP contribution in [-0.2, 0) is 10.3 Å². The monoisotopic (exact) mass is 518 g/mol. The van der Waals surface area contributed by atoms with Gasteiger partial charge in [-0.05, 0) is 60.1 Å². The Morgan fingerprint density at radius 1 is 0.784 bits per heavy atom. The van der Waals surface area contributed by atoms with Crippen molar-refractivity contribution >= 4 is 19.9 Å². The fourth-order valence-corrected chi connectivity index (χ4v) is 4.93. The minimum absolute atomic E-state index is 0.0622. The summed E-state index contributed by atoms with van der Waals surface area (Å²) in [6.07, 6.45) is 0.684. The third-order valence-corrected chi connectivity index (χ3v) is 11.5. The summed E-state index contributed by atoms with van der Waals surface area (Å²) in [7, 11) is -0.435. The molecular weight excluding hydrogens is 480 g/mol. The summed E-state index contributed by atoms with van der Waals surface area (Å²) in [5.41, 5.74) is 1.27. The SMILES string of the molecule is CCC(=O)c1cccc(C(OC)(c2ccc(O[Si](C)(C)C(C)(C)C)cc2)c2cccc(C(=O)CC)n2)n1. The molecule has 0 unspecified atom stereocenters. The number of ketones is 2. The average molecular weight is 519 g/mol. The summed E-state index contributed by atoms with van der Waals surface area (Å²) in [6.45, 7) is 14.6. The van der Waals surface area contributed by atoms with E-state index in [9.17, 15) is 9.59 Å². The van der Waals surface area contributed by atoms with Gasteiger partial charge >= 0.3 is 0 Å². The zero-order chi connectivity index (χ0) is 27.4. The Bertz CT molecular complexity index is 1200. The normalized spacial score (nSPS) is 12.3. The molecule has 0 radical (unpaired) electrons. The topological polar surface area (TPSA) is 78.4 Å². The van der Waals surface area contributed by atoms with Gasteiger partial charge in [0.2, 0.25) is 8.32 Å². The molecule has 0 fully saturated rings. The Hall–Kier alpha value is -3.16. The van der Waals surface area contributed by atoms with Gasteiger partial charge in [-0.2, -0.15) is 0 Å². The van der Waals surface area contributed by atoms with Crippen molar-refractivity contribution in [2.75, 3.05) is 7.11 Å². The molecule has 0 amide bonds. The maximum absolute atomic E-state index is 12.5. The molecule has 1 aromatic carbocycles. The highest BCUT2D eigenvalue weighted by Crippen LogP contribution is 2.41. The molecular formula is C30H38N2O4Si. The zero-order valence-corrected chi connectivity index (χ0v) is 24.2. The maximum Gasteiger partial charge on any atom is 0.250 e. The third-order valence-electron chi connectivity index (χ3n) is 7.18. The number of ether oxygens (including phenoxy) is 1. The van der Waals surface area contributed by atoms with Crippen LogP contribution < -0.4 is 4.43 Å². The van der Waals surface area contributed by atoms with E-state index in [-0.39, 0.29) is 16.6 Å². The van der Waals surface area contributed by atoms with Crippen molar-refractivity contribution in [2.45, 2.75) is 71.2 Å². The fraction of sp³-hybridized carbons (Fsp3) is 0.400. The smallest absolute Gasteiger partial charge is 0.250 e. The maximum atomic E-state index is 12.5. The van der Waals surface area contributed by atoms with Gasteiger partial charge in [-0.3, -0.25) is 9.59 Å². The number of hydrogen-bond donors (Lipinski definition) is 0. The highest BCUT2D eigenvalue weighted by atomic mass is 28.4. The van der Waals surface area contributed by atoms with Crippen LogP contribution in [0.2, 0.25) is 18.1 Å². The molecule has 0 spiro atoms. The van der Waals surface area contributed by atoms with Crippen molar-refractivity contribution in [1.29, 1.82) is 0 Å². The number of methoxy groups -OCH3 is 1. The summed E-state index contributed by atoms with van der Waals surface area (Å²) < 4.78 is 12.7. The van der Waals surface area contributed by atoms with Crippen molar-refractivity contribution in [3.63, 3.8) is 0 Å². The molecule has 37 heavy (non-hydrogen) atoms. The lowest BCUT2D eigenvalue weighted by Gasteiger charge is -2.37. The number of benzene rings is 1. The highest BCUT2D eigenvalue weighted by molar-refractivity contribution is 6.74. The van der Waals surface area contributed by atoms with Crippen LogP contribution in [0, 0.1) is 0 Å². The van der Waals surface area contributed by atoms with Crippen LogP contribution >= 0.6 is 0 Å². The second kappa shape index (κ2) is 11.1. The van der Waals surface area contributed by atoms with Crippen molar-refractivity contribution in [2.24, 2.45) is 0 Å². The quantitative estimate of drug-likeness (QED) is 0.213. The van der Waals surface area contributed by atoms with E-state index in [0.717, 1.165) is 11.3 Å². The molecule has 0 aliphatic heterocycles. The Labute approximate surface area is 221 Å². The molecule has 0 aliphatic rings. The molecule has 0 saturated carbocycles. The van der Waals surface area contributed by atoms with Crippen molar-refractivity contribution < 1.29 is 18.8 Å². The first kappa shape index (κ1) is 28.4. The van der Waals surface area contributed by atoms with Gasteiger partial charge in [0.25, 0.3) is 0 Å². The molecule has 0 atom stereocenters. The van der Waals surface area contributed by atoms with Gasteiger partial charge < -0.3 is 9.16 Å². The number of aromatic nitrogens is 2. The predicted octanol–water partition coefficient (Wildman–Crippen LogP) is 6.98. The Morgan fingerprint density at radius 3 is 1.62 bits per heavy atom. The first-order chi connectivity index (χ1) is 17.4. The summed E-state index contributed by atoms with van der Waals surface area (Å²) in [4.78, 5) is 34.5. The van der Waals surface area contributed by atoms with Crippen LogP contribution in [0.15, 0.2) is 60.7 Å². The number of Topliss-reactive ketones (excluding diaryl/α,β-unsaturated/α-hetero) is 2. The summed E-state index contributed by atoms with van der Waals surface area (Å²) in [6, 6.07) is 18.4. The second-order valence-corrected chi connectivity index (χ2v) is 15.4. The van der Waals surface area contributed by atoms with Crippen molar-refractivity contribution in [3.05, 3.63) is 89.0 Å². The van der Waals surface area contributed by atoms with Gasteiger partial charge in [-0.15, -0.1) is 0 Å². The number of hydrogen-bond acceptors (Lipinski definition) is 6. The molecule has 2 heterocycles. The van der Waals surface area contributed by atoms with E-state index >= 15 is 0 Å². The lowest BCUT2D eigenvalue weighted by Crippen LogP contribution is -2.43. The van der Waals surface area contributed by atoms with Crippen LogP contribution in [0.3, 0.4) is 0 Å². The molecule has 196 valence electrons. The van der Waals surface area contributed by atoms with Gasteiger partial charge in [0.05, 0.1) is 11.4 Å². The summed E-state index contributed by atoms with van der Waals surface area (Å²) in [5.74, 6) is 0.659. The van der Waals surface area contributed by atoms with Crippen molar-refractivity contribution in [1.82, 2.24) is 9.97 Å². The Morgan fingerprint density at radius 2 is 1.24 bits per heavy atom. The third kappa shape index (κ3) is 5.73. The van der Waals surface area contributed by atoms with E-state index in [4.69, 9.17) is 19.1 Å². The molecule has 3 aromatic rings. The van der Waals surface area contributed by atoms with Crippen LogP contribution in [0.4, 0.5) is 0 Å². The highest BCUT2D eigenvalue weighted by Gasteiger charge is 2.41. The molecule has 7 heteroatoms. The van der Waals surface area contributed by atoms with Crippen molar-refractivity contribution in [3.8, 4) is 5.75 Å². The van der Waals surface area contributed by atoms with E-state index in [0.29, 0.717) is 35.6 Å². The first-order valence-electron chi connectivity index (χ1n) is 12.8. The van der Waals surface area contributed by atoms with E-state index in [2.05, 4.69) is 33.9 Å². The summed E-state index contributed by atoms with van der Waals surface area (Å²) >= 11 is 0. The number of nitrogens with zero attached hydrogens (tertiary/aromatic N) is 2. The standard InChI is InChI=1S/C30H38N2O4Si/c1-9-25(33)23-13-11-15-27(31-23)30(35-6,28-16-12-14-24(32-28)26(34)10-2)21-17-19-22(20-18-21)36-37(7,8)29(3,4)5/h11-20H,9-10H2,1-8H3. The predicted molar refractivity (Wildman–Crippen MR) is 149 cm³/mol. The molecule has 3 rings (SSSR count). The molecule has 0 aliphatic carbocycles. The van der Waals surface area contributed by atoms with Gasteiger partial charge in [0.15, 0.2) is 17.2 Å². The van der Waals surface area contributed by atoms with Gasteiger partial charge in [0.1, 0.15) is 17.1 Å². The number of pyridine rings is 2. The Balaban J connectivity index is 2.22. The van der Waals surface area contributed by atoms with Gasteiger partial charge in [-0.25, -0.2) is 9.97 Å². The summed E-state index contributed by atoms with van der Waals surface area (Å²) in [5, 5.41) is 0.0638. The number of carbonyl (C=O) groups excluding carboxylic acids is 2. The number of rotatable bonds is 10. The zero-order valence-electron chi connectivity index (χ0n) is 23.2. The molecule has 0 bridgehead atoms. The largest absolute Gasteiger partial charge is 0.544 e. The lowest BCUT2D eigenvalue weighted by molar-refractivity contribution is 0.0506. The van der Waals surface area contributed by atoms with Crippen LogP contribution in [0.25, 0.3) is 0 Å². The van der Waals surface area contributed by atoms with Gasteiger partial charge in [-0.1, -0.05) is 58.9 Å². The molecule has 0 saturated heterocycles. The van der Waals surface area contributed by atoms with Crippen LogP contribution in [-0.4, -0.2) is 37.0 Å². The number of carbonyl (C=O) groups is 2. The van der Waals surface area contributed by atoms with Gasteiger partial charge in [0, 0.05) is 20.0 Å². The lowest BCUT2D eigenvalue weighted by atomic mass is 9.85. The van der Waals surface area contributed by atoms with E-state index in [1.165, 1.54) is 0 Å². The van der Waals surface area contributed by atoms with E-state index in [1.54, 1.807) is 31.4 Å². The minimum Gasteiger partial charge on any atom is -0.544 e. The van der Waals surface area contributed by atoms with E-state index < -0.39 is 13.9 Å². The molecule has 6 nitrogen and oxygen atoms in total. The minimum atomic E-state index is -2.02. The van der Waals surface area contributed by atoms with Crippen LogP contribution in [0.1, 0.15) is 85.4 Å². The van der Waals surface area contributed by atoms with Crippen LogP contribution in [0.5, 0.6) is 5.75 Å². The first-order valence-corrected chi connectivity index (χ1v) is 15.7. The second-order valence-electron chi connectivity index (χ2n) is 10.6. The van der Waals surface area contributed by atoms with E-state index in [1.807, 2.05) is 50.2 Å². The Kier molecular flexibility index (Phi) is 8.50. The fourth-order valence-electron chi connectivity index (χ4n) is 3.89. The molecule has 2 aromatic heterocycles. The molecule has 0 N–H and O–H groups in total. The average Bonchev–Trinajstić information content (AvgIpc) is 2.89.